The van der Waals surface area contributed by atoms with Crippen molar-refractivity contribution in [2.45, 2.75) is 6.92 Å². The molecule has 2 rings (SSSR count). The molecule has 1 aromatic heterocycles. The predicted octanol–water partition coefficient (Wildman–Crippen LogP) is 3.22. The van der Waals surface area contributed by atoms with Crippen LogP contribution in [0.3, 0.4) is 0 Å². The molecule has 0 aliphatic heterocycles. The van der Waals surface area contributed by atoms with E-state index in [4.69, 9.17) is 5.11 Å². The maximum atomic E-state index is 10.5. The van der Waals surface area contributed by atoms with Gasteiger partial charge in [-0.25, -0.2) is 9.78 Å². The number of aryl methyl sites for hydroxylation is 1. The molecule has 86 valence electrons. The van der Waals surface area contributed by atoms with Gasteiger partial charge in [-0.05, 0) is 13.0 Å². The van der Waals surface area contributed by atoms with Gasteiger partial charge in [0.2, 0.25) is 0 Å². The summed E-state index contributed by atoms with van der Waals surface area (Å²) in [5.74, 6) is -0.945. The van der Waals surface area contributed by atoms with Crippen LogP contribution in [0.15, 0.2) is 36.4 Å². The highest BCUT2D eigenvalue weighted by molar-refractivity contribution is 7.16. The van der Waals surface area contributed by atoms with Crippen molar-refractivity contribution in [3.05, 3.63) is 47.0 Å². The summed E-state index contributed by atoms with van der Waals surface area (Å²) < 4.78 is 0. The molecule has 0 aliphatic rings. The molecular weight excluding hydrogens is 234 g/mol. The summed E-state index contributed by atoms with van der Waals surface area (Å²) in [5, 5.41) is 9.50. The monoisotopic (exact) mass is 245 g/mol. The van der Waals surface area contributed by atoms with Crippen LogP contribution < -0.4 is 0 Å². The second-order valence-corrected chi connectivity index (χ2v) is 4.54. The van der Waals surface area contributed by atoms with Crippen molar-refractivity contribution in [2.75, 3.05) is 0 Å². The zero-order chi connectivity index (χ0) is 12.3. The van der Waals surface area contributed by atoms with E-state index in [1.54, 1.807) is 6.08 Å². The first-order valence-corrected chi connectivity index (χ1v) is 5.92. The lowest BCUT2D eigenvalue weighted by atomic mass is 10.2. The minimum absolute atomic E-state index is 0.853. The van der Waals surface area contributed by atoms with Gasteiger partial charge in [-0.3, -0.25) is 0 Å². The molecule has 0 radical (unpaired) electrons. The fourth-order valence-corrected chi connectivity index (χ4v) is 2.39. The second-order valence-electron chi connectivity index (χ2n) is 3.51. The van der Waals surface area contributed by atoms with E-state index in [0.717, 1.165) is 27.2 Å². The highest BCUT2D eigenvalue weighted by Gasteiger charge is 2.06. The molecule has 0 amide bonds. The van der Waals surface area contributed by atoms with Crippen LogP contribution >= 0.6 is 11.3 Å². The predicted molar refractivity (Wildman–Crippen MR) is 69.0 cm³/mol. The third kappa shape index (κ3) is 2.79. The lowest BCUT2D eigenvalue weighted by Crippen LogP contribution is -1.85. The number of carbonyl (C=O) groups is 1. The minimum Gasteiger partial charge on any atom is -0.478 e. The number of nitrogens with zero attached hydrogens (tertiary/aromatic N) is 1. The van der Waals surface area contributed by atoms with E-state index >= 15 is 0 Å². The highest BCUT2D eigenvalue weighted by atomic mass is 32.1. The molecule has 0 spiro atoms. The highest BCUT2D eigenvalue weighted by Crippen LogP contribution is 2.28. The van der Waals surface area contributed by atoms with E-state index < -0.39 is 5.97 Å². The van der Waals surface area contributed by atoms with Crippen LogP contribution in [0.2, 0.25) is 0 Å². The Bertz CT molecular complexity index is 558. The summed E-state index contributed by atoms with van der Waals surface area (Å²) in [6.07, 6.45) is 2.72. The number of rotatable bonds is 3. The molecule has 0 saturated heterocycles. The fourth-order valence-electron chi connectivity index (χ4n) is 1.41. The molecule has 0 saturated carbocycles. The summed E-state index contributed by atoms with van der Waals surface area (Å²) in [4.78, 5) is 15.8. The normalized spacial score (nSPS) is 10.9. The van der Waals surface area contributed by atoms with Crippen molar-refractivity contribution >= 4 is 23.4 Å². The first kappa shape index (κ1) is 11.5. The van der Waals surface area contributed by atoms with E-state index in [9.17, 15) is 4.79 Å². The first-order valence-electron chi connectivity index (χ1n) is 5.10. The molecule has 0 fully saturated rings. The molecule has 0 bridgehead atoms. The maximum Gasteiger partial charge on any atom is 0.328 e. The average molecular weight is 245 g/mol. The number of benzene rings is 1. The van der Waals surface area contributed by atoms with Crippen molar-refractivity contribution in [3.63, 3.8) is 0 Å². The van der Waals surface area contributed by atoms with Crippen LogP contribution in [0.4, 0.5) is 0 Å². The Morgan fingerprint density at radius 1 is 1.35 bits per heavy atom. The van der Waals surface area contributed by atoms with E-state index in [1.165, 1.54) is 11.3 Å². The Labute approximate surface area is 103 Å². The summed E-state index contributed by atoms with van der Waals surface area (Å²) in [6, 6.07) is 9.85. The molecule has 17 heavy (non-hydrogen) atoms. The standard InChI is InChI=1S/C13H11NO2S/c1-9-11(7-8-12(15)16)17-13(14-9)10-5-3-2-4-6-10/h2-8H,1H3,(H,15,16)/b8-7+. The number of carboxylic acid groups (broad SMARTS) is 1. The summed E-state index contributed by atoms with van der Waals surface area (Å²) in [6.45, 7) is 1.88. The number of hydrogen-bond donors (Lipinski definition) is 1. The van der Waals surface area contributed by atoms with Gasteiger partial charge >= 0.3 is 5.97 Å². The fraction of sp³-hybridized carbons (Fsp3) is 0.0769. The van der Waals surface area contributed by atoms with Crippen molar-refractivity contribution in [3.8, 4) is 10.6 Å². The molecule has 1 heterocycles. The summed E-state index contributed by atoms with van der Waals surface area (Å²) in [5.41, 5.74) is 1.90. The Balaban J connectivity index is 2.34. The van der Waals surface area contributed by atoms with Gasteiger partial charge in [0.05, 0.1) is 10.6 Å². The van der Waals surface area contributed by atoms with Gasteiger partial charge in [0.15, 0.2) is 0 Å². The van der Waals surface area contributed by atoms with Gasteiger partial charge in [-0.2, -0.15) is 0 Å². The second kappa shape index (κ2) is 4.93. The van der Waals surface area contributed by atoms with E-state index in [-0.39, 0.29) is 0 Å². The van der Waals surface area contributed by atoms with Crippen molar-refractivity contribution in [2.24, 2.45) is 0 Å². The molecular formula is C13H11NO2S. The maximum absolute atomic E-state index is 10.5. The molecule has 2 aromatic rings. The first-order chi connectivity index (χ1) is 8.16. The lowest BCUT2D eigenvalue weighted by molar-refractivity contribution is -0.131. The van der Waals surface area contributed by atoms with Gasteiger partial charge in [0.1, 0.15) is 5.01 Å². The Morgan fingerprint density at radius 2 is 2.06 bits per heavy atom. The summed E-state index contributed by atoms with van der Waals surface area (Å²) >= 11 is 1.49. The van der Waals surface area contributed by atoms with Crippen LogP contribution in [-0.4, -0.2) is 16.1 Å². The number of aliphatic carboxylic acids is 1. The van der Waals surface area contributed by atoms with Gasteiger partial charge in [-0.15, -0.1) is 11.3 Å². The molecule has 3 nitrogen and oxygen atoms in total. The largest absolute Gasteiger partial charge is 0.478 e. The van der Waals surface area contributed by atoms with Gasteiger partial charge in [0.25, 0.3) is 0 Å². The Kier molecular flexibility index (Phi) is 3.35. The van der Waals surface area contributed by atoms with E-state index in [2.05, 4.69) is 4.98 Å². The third-order valence-electron chi connectivity index (χ3n) is 2.23. The Morgan fingerprint density at radius 3 is 2.71 bits per heavy atom. The molecule has 0 unspecified atom stereocenters. The van der Waals surface area contributed by atoms with Gasteiger partial charge < -0.3 is 5.11 Å². The topological polar surface area (TPSA) is 50.2 Å². The lowest BCUT2D eigenvalue weighted by Gasteiger charge is -1.92. The molecule has 0 atom stereocenters. The Hall–Kier alpha value is -1.94. The van der Waals surface area contributed by atoms with Gasteiger partial charge in [-0.1, -0.05) is 30.3 Å². The van der Waals surface area contributed by atoms with Crippen LogP contribution in [-0.2, 0) is 4.79 Å². The van der Waals surface area contributed by atoms with E-state index in [0.29, 0.717) is 0 Å². The SMILES string of the molecule is Cc1nc(-c2ccccc2)sc1/C=C/C(=O)O. The van der Waals surface area contributed by atoms with Crippen molar-refractivity contribution in [1.29, 1.82) is 0 Å². The molecule has 4 heteroatoms. The molecule has 0 aliphatic carbocycles. The minimum atomic E-state index is -0.945. The van der Waals surface area contributed by atoms with E-state index in [1.807, 2.05) is 37.3 Å². The number of carboxylic acids is 1. The quantitative estimate of drug-likeness (QED) is 0.845. The van der Waals surface area contributed by atoms with Crippen LogP contribution in [0, 0.1) is 6.92 Å². The third-order valence-corrected chi connectivity index (χ3v) is 3.40. The van der Waals surface area contributed by atoms with Crippen LogP contribution in [0.1, 0.15) is 10.6 Å². The number of hydrogen-bond acceptors (Lipinski definition) is 3. The summed E-state index contributed by atoms with van der Waals surface area (Å²) in [7, 11) is 0. The van der Waals surface area contributed by atoms with Crippen molar-refractivity contribution in [1.82, 2.24) is 4.98 Å². The number of aromatic nitrogens is 1. The molecule has 1 N–H and O–H groups in total. The molecule has 1 aromatic carbocycles. The van der Waals surface area contributed by atoms with Gasteiger partial charge in [0, 0.05) is 11.6 Å². The van der Waals surface area contributed by atoms with Crippen molar-refractivity contribution < 1.29 is 9.90 Å². The zero-order valence-corrected chi connectivity index (χ0v) is 10.1. The zero-order valence-electron chi connectivity index (χ0n) is 9.25. The smallest absolute Gasteiger partial charge is 0.328 e. The number of thiazole rings is 1. The average Bonchev–Trinajstić information content (AvgIpc) is 2.69. The van der Waals surface area contributed by atoms with Crippen LogP contribution in [0.25, 0.3) is 16.6 Å². The van der Waals surface area contributed by atoms with Crippen LogP contribution in [0.5, 0.6) is 0 Å².